The highest BCUT2D eigenvalue weighted by Crippen LogP contribution is 1.92. The molecule has 78 valence electrons. The molecular weight excluding hydrogens is 180 g/mol. The fraction of sp³-hybridized carbons (Fsp3) is 0.400. The fourth-order valence-corrected chi connectivity index (χ4v) is 0.880. The summed E-state index contributed by atoms with van der Waals surface area (Å²) >= 11 is 0. The highest BCUT2D eigenvalue weighted by Gasteiger charge is 2.20. The number of carbonyl (C=O) groups excluding carboxylic acids is 2. The van der Waals surface area contributed by atoms with Crippen LogP contribution in [-0.4, -0.2) is 48.8 Å². The molecule has 0 aromatic rings. The lowest BCUT2D eigenvalue weighted by Crippen LogP contribution is -2.42. The van der Waals surface area contributed by atoms with E-state index in [9.17, 15) is 9.59 Å². The molecule has 0 N–H and O–H groups in total. The van der Waals surface area contributed by atoms with Crippen molar-refractivity contribution in [2.24, 2.45) is 0 Å². The molecular formula is C10H16N2O2. The van der Waals surface area contributed by atoms with Crippen molar-refractivity contribution < 1.29 is 9.59 Å². The molecule has 0 aliphatic rings. The minimum atomic E-state index is -0.533. The van der Waals surface area contributed by atoms with E-state index >= 15 is 0 Å². The van der Waals surface area contributed by atoms with Crippen molar-refractivity contribution in [2.75, 3.05) is 27.2 Å². The van der Waals surface area contributed by atoms with Gasteiger partial charge in [-0.15, -0.1) is 13.2 Å². The number of nitrogens with zero attached hydrogens (tertiary/aromatic N) is 2. The standard InChI is InChI=1S/C10H16N2O2/c1-5-7-11(3)9(13)10(14)12(4)8-6-2/h5-6H,1-2,7-8H2,3-4H3. The smallest absolute Gasteiger partial charge is 0.312 e. The van der Waals surface area contributed by atoms with Gasteiger partial charge in [0.2, 0.25) is 0 Å². The van der Waals surface area contributed by atoms with Gasteiger partial charge in [-0.2, -0.15) is 0 Å². The van der Waals surface area contributed by atoms with Gasteiger partial charge in [0.25, 0.3) is 0 Å². The van der Waals surface area contributed by atoms with Gasteiger partial charge < -0.3 is 9.80 Å². The Morgan fingerprint density at radius 2 is 1.29 bits per heavy atom. The van der Waals surface area contributed by atoms with Gasteiger partial charge in [0.1, 0.15) is 0 Å². The van der Waals surface area contributed by atoms with Crippen molar-refractivity contribution in [3.63, 3.8) is 0 Å². The van der Waals surface area contributed by atoms with Gasteiger partial charge in [-0.25, -0.2) is 0 Å². The predicted octanol–water partition coefficient (Wildman–Crippen LogP) is 0.275. The fourth-order valence-electron chi connectivity index (χ4n) is 0.880. The topological polar surface area (TPSA) is 40.6 Å². The summed E-state index contributed by atoms with van der Waals surface area (Å²) in [6.07, 6.45) is 3.14. The van der Waals surface area contributed by atoms with E-state index in [-0.39, 0.29) is 0 Å². The molecule has 0 fully saturated rings. The molecule has 0 unspecified atom stereocenters. The van der Waals surface area contributed by atoms with E-state index in [0.29, 0.717) is 13.1 Å². The zero-order valence-electron chi connectivity index (χ0n) is 8.69. The van der Waals surface area contributed by atoms with Gasteiger partial charge >= 0.3 is 11.8 Å². The van der Waals surface area contributed by atoms with Crippen LogP contribution in [0.15, 0.2) is 25.3 Å². The molecule has 0 aliphatic heterocycles. The van der Waals surface area contributed by atoms with E-state index in [1.165, 1.54) is 9.80 Å². The first kappa shape index (κ1) is 12.4. The third-order valence-electron chi connectivity index (χ3n) is 1.68. The second kappa shape index (κ2) is 5.96. The lowest BCUT2D eigenvalue weighted by Gasteiger charge is -2.19. The zero-order valence-corrected chi connectivity index (χ0v) is 8.69. The van der Waals surface area contributed by atoms with Crippen LogP contribution < -0.4 is 0 Å². The Balaban J connectivity index is 4.30. The maximum atomic E-state index is 11.4. The van der Waals surface area contributed by atoms with Crippen LogP contribution in [-0.2, 0) is 9.59 Å². The minimum Gasteiger partial charge on any atom is -0.334 e. The van der Waals surface area contributed by atoms with Crippen molar-refractivity contribution in [1.29, 1.82) is 0 Å². The second-order valence-corrected chi connectivity index (χ2v) is 2.95. The van der Waals surface area contributed by atoms with Gasteiger partial charge in [-0.1, -0.05) is 12.2 Å². The molecule has 0 heterocycles. The summed E-state index contributed by atoms with van der Waals surface area (Å²) in [6, 6.07) is 0. The highest BCUT2D eigenvalue weighted by atomic mass is 16.2. The van der Waals surface area contributed by atoms with Crippen LogP contribution in [0.2, 0.25) is 0 Å². The largest absolute Gasteiger partial charge is 0.334 e. The Bertz CT molecular complexity index is 223. The molecule has 0 atom stereocenters. The SMILES string of the molecule is C=CCN(C)C(=O)C(=O)N(C)CC=C. The molecule has 0 bridgehead atoms. The Labute approximate surface area is 84.5 Å². The van der Waals surface area contributed by atoms with Crippen molar-refractivity contribution in [3.8, 4) is 0 Å². The summed E-state index contributed by atoms with van der Waals surface area (Å²) < 4.78 is 0. The van der Waals surface area contributed by atoms with E-state index < -0.39 is 11.8 Å². The zero-order chi connectivity index (χ0) is 11.1. The van der Waals surface area contributed by atoms with Crippen LogP contribution in [0, 0.1) is 0 Å². The molecule has 0 aromatic heterocycles. The second-order valence-electron chi connectivity index (χ2n) is 2.95. The molecule has 0 saturated heterocycles. The van der Waals surface area contributed by atoms with E-state index in [4.69, 9.17) is 0 Å². The van der Waals surface area contributed by atoms with Crippen molar-refractivity contribution >= 4 is 11.8 Å². The minimum absolute atomic E-state index is 0.368. The summed E-state index contributed by atoms with van der Waals surface area (Å²) in [7, 11) is 3.12. The molecule has 0 saturated carbocycles. The summed E-state index contributed by atoms with van der Waals surface area (Å²) in [5.74, 6) is -1.07. The van der Waals surface area contributed by atoms with Crippen LogP contribution in [0.1, 0.15) is 0 Å². The van der Waals surface area contributed by atoms with Gasteiger partial charge in [-0.05, 0) is 0 Å². The summed E-state index contributed by atoms with van der Waals surface area (Å²) in [5.41, 5.74) is 0. The Morgan fingerprint density at radius 3 is 1.50 bits per heavy atom. The summed E-state index contributed by atoms with van der Waals surface area (Å²) in [5, 5.41) is 0. The number of likely N-dealkylation sites (N-methyl/N-ethyl adjacent to an activating group) is 2. The Morgan fingerprint density at radius 1 is 1.00 bits per heavy atom. The van der Waals surface area contributed by atoms with E-state index in [1.807, 2.05) is 0 Å². The summed E-state index contributed by atoms with van der Waals surface area (Å²) in [6.45, 7) is 7.71. The van der Waals surface area contributed by atoms with Crippen molar-refractivity contribution in [2.45, 2.75) is 0 Å². The van der Waals surface area contributed by atoms with E-state index in [0.717, 1.165) is 0 Å². The third kappa shape index (κ3) is 3.43. The number of carbonyl (C=O) groups is 2. The summed E-state index contributed by atoms with van der Waals surface area (Å²) in [4.78, 5) is 25.4. The maximum Gasteiger partial charge on any atom is 0.312 e. The van der Waals surface area contributed by atoms with Crippen LogP contribution >= 0.6 is 0 Å². The van der Waals surface area contributed by atoms with Gasteiger partial charge in [0.05, 0.1) is 0 Å². The van der Waals surface area contributed by atoms with Crippen LogP contribution in [0.25, 0.3) is 0 Å². The lowest BCUT2D eigenvalue weighted by molar-refractivity contribution is -0.149. The van der Waals surface area contributed by atoms with Crippen LogP contribution in [0.3, 0.4) is 0 Å². The van der Waals surface area contributed by atoms with Gasteiger partial charge in [-0.3, -0.25) is 9.59 Å². The molecule has 0 aromatic carbocycles. The molecule has 0 spiro atoms. The number of amides is 2. The highest BCUT2D eigenvalue weighted by molar-refractivity contribution is 6.34. The average molecular weight is 196 g/mol. The number of hydrogen-bond acceptors (Lipinski definition) is 2. The Kier molecular flexibility index (Phi) is 5.29. The van der Waals surface area contributed by atoms with Crippen molar-refractivity contribution in [3.05, 3.63) is 25.3 Å². The first-order valence-corrected chi connectivity index (χ1v) is 4.27. The number of hydrogen-bond donors (Lipinski definition) is 0. The first-order chi connectivity index (χ1) is 6.54. The number of rotatable bonds is 4. The van der Waals surface area contributed by atoms with E-state index in [2.05, 4.69) is 13.2 Å². The van der Waals surface area contributed by atoms with Gasteiger partial charge in [0.15, 0.2) is 0 Å². The first-order valence-electron chi connectivity index (χ1n) is 4.27. The molecule has 0 radical (unpaired) electrons. The van der Waals surface area contributed by atoms with Gasteiger partial charge in [0, 0.05) is 27.2 Å². The maximum absolute atomic E-state index is 11.4. The van der Waals surface area contributed by atoms with Crippen LogP contribution in [0.5, 0.6) is 0 Å². The predicted molar refractivity (Wildman–Crippen MR) is 55.7 cm³/mol. The molecule has 2 amide bonds. The third-order valence-corrected chi connectivity index (χ3v) is 1.68. The lowest BCUT2D eigenvalue weighted by atomic mass is 10.4. The van der Waals surface area contributed by atoms with Crippen LogP contribution in [0.4, 0.5) is 0 Å². The molecule has 14 heavy (non-hydrogen) atoms. The molecule has 4 nitrogen and oxygen atoms in total. The van der Waals surface area contributed by atoms with E-state index in [1.54, 1.807) is 26.2 Å². The Hall–Kier alpha value is -1.58. The normalized spacial score (nSPS) is 9.00. The average Bonchev–Trinajstić information content (AvgIpc) is 2.16. The molecule has 0 rings (SSSR count). The monoisotopic (exact) mass is 196 g/mol. The quantitative estimate of drug-likeness (QED) is 0.478. The molecule has 4 heteroatoms. The molecule has 0 aliphatic carbocycles. The van der Waals surface area contributed by atoms with Crippen molar-refractivity contribution in [1.82, 2.24) is 9.80 Å².